The predicted octanol–water partition coefficient (Wildman–Crippen LogP) is 2.92. The molecule has 4 rings (SSSR count). The average molecular weight is 427 g/mol. The van der Waals surface area contributed by atoms with Crippen LogP contribution in [0.25, 0.3) is 0 Å². The maximum Gasteiger partial charge on any atom is 0.327 e. The summed E-state index contributed by atoms with van der Waals surface area (Å²) in [5.74, 6) is -0.0664. The van der Waals surface area contributed by atoms with Crippen molar-refractivity contribution in [2.24, 2.45) is 0 Å². The lowest BCUT2D eigenvalue weighted by Gasteiger charge is -2.48. The Bertz CT molecular complexity index is 842. The highest BCUT2D eigenvalue weighted by Crippen LogP contribution is 2.48. The second-order valence-electron chi connectivity index (χ2n) is 9.63. The Hall–Kier alpha value is -2.41. The van der Waals surface area contributed by atoms with Gasteiger partial charge in [0.15, 0.2) is 0 Å². The number of piperidine rings is 1. The standard InChI is InChI=1S/C24H34N4O3/c1-16(2)28-23(31)26(4)22(30)24(28)14-19-10-11-20(15-24)27(19)13-12-21(25-17(3)29)18-8-6-5-7-9-18/h5-9,16,19-21H,10-15H2,1-4H3,(H,25,29)/t19?,20?,21-,24?/m0/s1. The minimum Gasteiger partial charge on any atom is -0.349 e. The summed E-state index contributed by atoms with van der Waals surface area (Å²) in [6, 6.07) is 10.5. The van der Waals surface area contributed by atoms with Gasteiger partial charge in [0.05, 0.1) is 6.04 Å². The molecule has 0 aromatic heterocycles. The fourth-order valence-corrected chi connectivity index (χ4v) is 6.15. The van der Waals surface area contributed by atoms with Gasteiger partial charge < -0.3 is 10.2 Å². The fraction of sp³-hybridized carbons (Fsp3) is 0.625. The first-order valence-electron chi connectivity index (χ1n) is 11.4. The Labute approximate surface area is 184 Å². The van der Waals surface area contributed by atoms with Crippen molar-refractivity contribution in [3.63, 3.8) is 0 Å². The Balaban J connectivity index is 1.50. The van der Waals surface area contributed by atoms with Crippen LogP contribution >= 0.6 is 0 Å². The summed E-state index contributed by atoms with van der Waals surface area (Å²) in [7, 11) is 1.61. The van der Waals surface area contributed by atoms with E-state index in [0.717, 1.165) is 31.4 Å². The van der Waals surface area contributed by atoms with E-state index in [-0.39, 0.29) is 42.0 Å². The van der Waals surface area contributed by atoms with Gasteiger partial charge in [0.25, 0.3) is 5.91 Å². The average Bonchev–Trinajstić information content (AvgIpc) is 3.07. The van der Waals surface area contributed by atoms with Crippen LogP contribution in [0.2, 0.25) is 0 Å². The van der Waals surface area contributed by atoms with Gasteiger partial charge in [-0.05, 0) is 51.5 Å². The molecule has 3 atom stereocenters. The summed E-state index contributed by atoms with van der Waals surface area (Å²) in [5, 5.41) is 3.10. The number of urea groups is 1. The molecule has 3 saturated heterocycles. The van der Waals surface area contributed by atoms with Crippen LogP contribution in [0, 0.1) is 0 Å². The number of nitrogens with one attached hydrogen (secondary N) is 1. The first-order valence-corrected chi connectivity index (χ1v) is 11.4. The fourth-order valence-electron chi connectivity index (χ4n) is 6.15. The second kappa shape index (κ2) is 8.26. The number of imide groups is 1. The second-order valence-corrected chi connectivity index (χ2v) is 9.63. The van der Waals surface area contributed by atoms with E-state index in [4.69, 9.17) is 0 Å². The Morgan fingerprint density at radius 1 is 1.13 bits per heavy atom. The number of carbonyl (C=O) groups excluding carboxylic acids is 3. The third-order valence-electron chi connectivity index (χ3n) is 7.35. The summed E-state index contributed by atoms with van der Waals surface area (Å²) in [4.78, 5) is 43.5. The highest BCUT2D eigenvalue weighted by Gasteiger charge is 2.62. The molecule has 1 spiro atoms. The third kappa shape index (κ3) is 3.73. The zero-order chi connectivity index (χ0) is 22.3. The zero-order valence-electron chi connectivity index (χ0n) is 19.0. The van der Waals surface area contributed by atoms with E-state index in [1.807, 2.05) is 36.9 Å². The van der Waals surface area contributed by atoms with Crippen molar-refractivity contribution in [2.45, 2.75) is 82.6 Å². The third-order valence-corrected chi connectivity index (χ3v) is 7.35. The molecular weight excluding hydrogens is 392 g/mol. The van der Waals surface area contributed by atoms with Gasteiger partial charge in [0, 0.05) is 38.6 Å². The van der Waals surface area contributed by atoms with Crippen molar-refractivity contribution in [1.29, 1.82) is 0 Å². The number of hydrogen-bond acceptors (Lipinski definition) is 4. The number of likely N-dealkylation sites (N-methyl/N-ethyl adjacent to an activating group) is 1. The zero-order valence-corrected chi connectivity index (χ0v) is 19.0. The van der Waals surface area contributed by atoms with Crippen LogP contribution < -0.4 is 5.32 Å². The molecule has 0 saturated carbocycles. The van der Waals surface area contributed by atoms with E-state index < -0.39 is 5.54 Å². The Morgan fingerprint density at radius 2 is 1.74 bits per heavy atom. The number of benzene rings is 1. The number of amides is 4. The van der Waals surface area contributed by atoms with Gasteiger partial charge in [-0.25, -0.2) is 4.79 Å². The molecule has 1 N–H and O–H groups in total. The van der Waals surface area contributed by atoms with Gasteiger partial charge in [-0.2, -0.15) is 0 Å². The summed E-state index contributed by atoms with van der Waals surface area (Å²) in [6.07, 6.45) is 4.34. The Morgan fingerprint density at radius 3 is 2.29 bits per heavy atom. The van der Waals surface area contributed by atoms with Crippen molar-refractivity contribution >= 4 is 17.8 Å². The smallest absolute Gasteiger partial charge is 0.327 e. The summed E-state index contributed by atoms with van der Waals surface area (Å²) in [5.41, 5.74) is 0.418. The molecule has 168 valence electrons. The minimum atomic E-state index is -0.696. The van der Waals surface area contributed by atoms with E-state index in [2.05, 4.69) is 22.3 Å². The summed E-state index contributed by atoms with van der Waals surface area (Å²) >= 11 is 0. The van der Waals surface area contributed by atoms with Gasteiger partial charge >= 0.3 is 6.03 Å². The summed E-state index contributed by atoms with van der Waals surface area (Å²) in [6.45, 7) is 6.42. The SMILES string of the molecule is CC(=O)N[C@@H](CCN1C2CCC1CC1(C2)C(=O)N(C)C(=O)N1C(C)C)c1ccccc1. The normalized spacial score (nSPS) is 29.3. The van der Waals surface area contributed by atoms with Crippen LogP contribution in [0.3, 0.4) is 0 Å². The maximum absolute atomic E-state index is 13.2. The highest BCUT2D eigenvalue weighted by atomic mass is 16.2. The van der Waals surface area contributed by atoms with Crippen molar-refractivity contribution in [3.8, 4) is 0 Å². The molecule has 7 nitrogen and oxygen atoms in total. The molecule has 4 amide bonds. The van der Waals surface area contributed by atoms with Crippen molar-refractivity contribution < 1.29 is 14.4 Å². The largest absolute Gasteiger partial charge is 0.349 e. The lowest BCUT2D eigenvalue weighted by Crippen LogP contribution is -2.61. The quantitative estimate of drug-likeness (QED) is 0.710. The first kappa shape index (κ1) is 21.8. The van der Waals surface area contributed by atoms with Gasteiger partial charge in [-0.15, -0.1) is 0 Å². The first-order chi connectivity index (χ1) is 14.7. The summed E-state index contributed by atoms with van der Waals surface area (Å²) < 4.78 is 0. The molecular formula is C24H34N4O3. The Kier molecular flexibility index (Phi) is 5.81. The lowest BCUT2D eigenvalue weighted by atomic mass is 9.80. The van der Waals surface area contributed by atoms with Gasteiger partial charge in [0.1, 0.15) is 5.54 Å². The molecule has 2 bridgehead atoms. The van der Waals surface area contributed by atoms with Gasteiger partial charge in [-0.3, -0.25) is 19.4 Å². The molecule has 3 fully saturated rings. The molecule has 3 aliphatic heterocycles. The van der Waals surface area contributed by atoms with E-state index in [9.17, 15) is 14.4 Å². The molecule has 31 heavy (non-hydrogen) atoms. The number of fused-ring (bicyclic) bond motifs is 2. The monoisotopic (exact) mass is 426 g/mol. The molecule has 1 aromatic carbocycles. The van der Waals surface area contributed by atoms with Crippen molar-refractivity contribution in [2.75, 3.05) is 13.6 Å². The molecule has 1 aromatic rings. The molecule has 2 unspecified atom stereocenters. The highest BCUT2D eigenvalue weighted by molar-refractivity contribution is 6.07. The molecule has 7 heteroatoms. The van der Waals surface area contributed by atoms with Crippen LogP contribution in [0.1, 0.15) is 64.5 Å². The van der Waals surface area contributed by atoms with Crippen LogP contribution in [-0.4, -0.2) is 69.8 Å². The lowest BCUT2D eigenvalue weighted by molar-refractivity contribution is -0.137. The molecule has 3 heterocycles. The topological polar surface area (TPSA) is 73.0 Å². The van der Waals surface area contributed by atoms with Crippen LogP contribution in [0.15, 0.2) is 30.3 Å². The van der Waals surface area contributed by atoms with Crippen LogP contribution in [-0.2, 0) is 9.59 Å². The van der Waals surface area contributed by atoms with E-state index in [0.29, 0.717) is 12.8 Å². The van der Waals surface area contributed by atoms with E-state index >= 15 is 0 Å². The van der Waals surface area contributed by atoms with Crippen molar-refractivity contribution in [1.82, 2.24) is 20.0 Å². The maximum atomic E-state index is 13.2. The predicted molar refractivity (Wildman–Crippen MR) is 118 cm³/mol. The molecule has 0 aliphatic carbocycles. The van der Waals surface area contributed by atoms with Gasteiger partial charge in [0.2, 0.25) is 5.91 Å². The van der Waals surface area contributed by atoms with E-state index in [1.165, 1.54) is 4.90 Å². The van der Waals surface area contributed by atoms with E-state index in [1.54, 1.807) is 14.0 Å². The minimum absolute atomic E-state index is 0.00502. The number of rotatable bonds is 6. The number of nitrogens with zero attached hydrogens (tertiary/aromatic N) is 3. The number of carbonyl (C=O) groups is 3. The van der Waals surface area contributed by atoms with Gasteiger partial charge in [-0.1, -0.05) is 30.3 Å². The van der Waals surface area contributed by atoms with Crippen LogP contribution in [0.4, 0.5) is 4.79 Å². The van der Waals surface area contributed by atoms with Crippen molar-refractivity contribution in [3.05, 3.63) is 35.9 Å². The molecule has 0 radical (unpaired) electrons. The van der Waals surface area contributed by atoms with Crippen LogP contribution in [0.5, 0.6) is 0 Å². The molecule has 3 aliphatic rings. The number of hydrogen-bond donors (Lipinski definition) is 1.